The van der Waals surface area contributed by atoms with Crippen LogP contribution in [-0.4, -0.2) is 17.5 Å². The van der Waals surface area contributed by atoms with Gasteiger partial charge in [0.2, 0.25) is 0 Å². The summed E-state index contributed by atoms with van der Waals surface area (Å²) in [4.78, 5) is 2.77. The highest BCUT2D eigenvalue weighted by atomic mass is 15.2. The van der Waals surface area contributed by atoms with E-state index in [1.807, 2.05) is 0 Å². The van der Waals surface area contributed by atoms with Gasteiger partial charge in [-0.05, 0) is 48.9 Å². The van der Waals surface area contributed by atoms with Gasteiger partial charge in [0.05, 0.1) is 0 Å². The number of nitrogens with zero attached hydrogens (tertiary/aromatic N) is 1. The SMILES string of the molecule is Nc1ccc2c(c1)CN(C1CCCCC1)CC21CC1. The topological polar surface area (TPSA) is 29.3 Å². The van der Waals surface area contributed by atoms with Gasteiger partial charge in [-0.15, -0.1) is 0 Å². The standard InChI is InChI=1S/C17H24N2/c18-14-6-7-16-13(10-14)11-19(12-17(16)8-9-17)15-4-2-1-3-5-15/h6-7,10,15H,1-5,8-9,11-12,18H2. The zero-order valence-electron chi connectivity index (χ0n) is 11.7. The zero-order valence-corrected chi connectivity index (χ0v) is 11.7. The molecule has 2 fully saturated rings. The van der Waals surface area contributed by atoms with Crippen LogP contribution in [-0.2, 0) is 12.0 Å². The molecular weight excluding hydrogens is 232 g/mol. The third-order valence-corrected chi connectivity index (χ3v) is 5.52. The van der Waals surface area contributed by atoms with Gasteiger partial charge in [0.15, 0.2) is 0 Å². The molecule has 1 aliphatic heterocycles. The summed E-state index contributed by atoms with van der Waals surface area (Å²) in [7, 11) is 0. The maximum atomic E-state index is 6.00. The second-order valence-electron chi connectivity index (χ2n) is 6.89. The summed E-state index contributed by atoms with van der Waals surface area (Å²) in [5.74, 6) is 0. The molecule has 1 heterocycles. The molecular formula is C17H24N2. The first-order valence-corrected chi connectivity index (χ1v) is 7.90. The Balaban J connectivity index is 1.64. The van der Waals surface area contributed by atoms with Crippen molar-refractivity contribution in [1.82, 2.24) is 4.90 Å². The number of anilines is 1. The molecule has 0 atom stereocenters. The highest BCUT2D eigenvalue weighted by Crippen LogP contribution is 2.53. The molecule has 0 aromatic heterocycles. The summed E-state index contributed by atoms with van der Waals surface area (Å²) in [5, 5.41) is 0. The third-order valence-electron chi connectivity index (χ3n) is 5.52. The predicted molar refractivity (Wildman–Crippen MR) is 79.0 cm³/mol. The average molecular weight is 256 g/mol. The first kappa shape index (κ1) is 11.8. The molecule has 19 heavy (non-hydrogen) atoms. The molecule has 0 radical (unpaired) electrons. The van der Waals surface area contributed by atoms with Crippen molar-refractivity contribution < 1.29 is 0 Å². The van der Waals surface area contributed by atoms with Gasteiger partial charge in [0.1, 0.15) is 0 Å². The number of fused-ring (bicyclic) bond motifs is 2. The van der Waals surface area contributed by atoms with Crippen molar-refractivity contribution in [3.63, 3.8) is 0 Å². The minimum absolute atomic E-state index is 0.499. The molecule has 102 valence electrons. The molecule has 2 aliphatic carbocycles. The minimum Gasteiger partial charge on any atom is -0.399 e. The van der Waals surface area contributed by atoms with Crippen LogP contribution in [0.15, 0.2) is 18.2 Å². The van der Waals surface area contributed by atoms with E-state index in [1.165, 1.54) is 57.1 Å². The Morgan fingerprint density at radius 1 is 1.11 bits per heavy atom. The fraction of sp³-hybridized carbons (Fsp3) is 0.647. The Kier molecular flexibility index (Phi) is 2.63. The number of rotatable bonds is 1. The molecule has 1 spiro atoms. The third kappa shape index (κ3) is 1.97. The van der Waals surface area contributed by atoms with E-state index in [9.17, 15) is 0 Å². The van der Waals surface area contributed by atoms with Crippen LogP contribution in [0.2, 0.25) is 0 Å². The fourth-order valence-corrected chi connectivity index (χ4v) is 4.29. The molecule has 4 rings (SSSR count). The number of benzene rings is 1. The molecule has 2 heteroatoms. The lowest BCUT2D eigenvalue weighted by Gasteiger charge is -2.41. The first-order chi connectivity index (χ1) is 9.27. The Bertz CT molecular complexity index is 484. The summed E-state index contributed by atoms with van der Waals surface area (Å²) in [6.45, 7) is 2.43. The van der Waals surface area contributed by atoms with E-state index in [4.69, 9.17) is 5.73 Å². The molecule has 1 aromatic rings. The van der Waals surface area contributed by atoms with Crippen LogP contribution in [0.4, 0.5) is 5.69 Å². The fourth-order valence-electron chi connectivity index (χ4n) is 4.29. The highest BCUT2D eigenvalue weighted by molar-refractivity contribution is 5.50. The normalized spacial score (nSPS) is 26.3. The predicted octanol–water partition coefficient (Wildman–Crippen LogP) is 3.45. The second-order valence-corrected chi connectivity index (χ2v) is 6.89. The van der Waals surface area contributed by atoms with Gasteiger partial charge in [-0.2, -0.15) is 0 Å². The van der Waals surface area contributed by atoms with Gasteiger partial charge >= 0.3 is 0 Å². The van der Waals surface area contributed by atoms with E-state index in [-0.39, 0.29) is 0 Å². The monoisotopic (exact) mass is 256 g/mol. The first-order valence-electron chi connectivity index (χ1n) is 7.90. The van der Waals surface area contributed by atoms with Gasteiger partial charge in [0, 0.05) is 30.2 Å². The van der Waals surface area contributed by atoms with Crippen LogP contribution in [0.1, 0.15) is 56.1 Å². The number of hydrogen-bond acceptors (Lipinski definition) is 2. The van der Waals surface area contributed by atoms with E-state index in [0.717, 1.165) is 18.3 Å². The molecule has 0 bridgehead atoms. The molecule has 1 aromatic carbocycles. The summed E-state index contributed by atoms with van der Waals surface area (Å²) in [6, 6.07) is 7.45. The van der Waals surface area contributed by atoms with Crippen molar-refractivity contribution in [2.75, 3.05) is 12.3 Å². The number of hydrogen-bond donors (Lipinski definition) is 1. The Hall–Kier alpha value is -1.02. The molecule has 0 unspecified atom stereocenters. The van der Waals surface area contributed by atoms with Crippen molar-refractivity contribution in [3.8, 4) is 0 Å². The largest absolute Gasteiger partial charge is 0.399 e. The van der Waals surface area contributed by atoms with Crippen LogP contribution < -0.4 is 5.73 Å². The van der Waals surface area contributed by atoms with E-state index in [1.54, 1.807) is 5.56 Å². The van der Waals surface area contributed by atoms with Gasteiger partial charge in [-0.3, -0.25) is 4.90 Å². The van der Waals surface area contributed by atoms with Crippen molar-refractivity contribution in [2.45, 2.75) is 62.9 Å². The van der Waals surface area contributed by atoms with Gasteiger partial charge in [0.25, 0.3) is 0 Å². The van der Waals surface area contributed by atoms with Gasteiger partial charge in [-0.1, -0.05) is 25.3 Å². The summed E-state index contributed by atoms with van der Waals surface area (Å²) >= 11 is 0. The Labute approximate surface area is 116 Å². The quantitative estimate of drug-likeness (QED) is 0.780. The molecule has 2 nitrogen and oxygen atoms in total. The highest BCUT2D eigenvalue weighted by Gasteiger charge is 2.49. The van der Waals surface area contributed by atoms with Crippen molar-refractivity contribution in [1.29, 1.82) is 0 Å². The molecule has 2 N–H and O–H groups in total. The summed E-state index contributed by atoms with van der Waals surface area (Å²) in [6.07, 6.45) is 9.89. The smallest absolute Gasteiger partial charge is 0.0317 e. The maximum absolute atomic E-state index is 6.00. The lowest BCUT2D eigenvalue weighted by molar-refractivity contribution is 0.123. The van der Waals surface area contributed by atoms with Crippen LogP contribution >= 0.6 is 0 Å². The van der Waals surface area contributed by atoms with Crippen LogP contribution in [0.25, 0.3) is 0 Å². The zero-order chi connectivity index (χ0) is 12.9. The van der Waals surface area contributed by atoms with Crippen molar-refractivity contribution in [3.05, 3.63) is 29.3 Å². The van der Waals surface area contributed by atoms with Crippen LogP contribution in [0.5, 0.6) is 0 Å². The van der Waals surface area contributed by atoms with E-state index in [2.05, 4.69) is 23.1 Å². The second kappa shape index (κ2) is 4.24. The average Bonchev–Trinajstić information content (AvgIpc) is 3.19. The number of nitrogen functional groups attached to an aromatic ring is 1. The Morgan fingerprint density at radius 3 is 2.63 bits per heavy atom. The molecule has 0 amide bonds. The number of nitrogens with two attached hydrogens (primary N) is 1. The lowest BCUT2D eigenvalue weighted by Crippen LogP contribution is -2.44. The van der Waals surface area contributed by atoms with Crippen molar-refractivity contribution in [2.24, 2.45) is 0 Å². The summed E-state index contributed by atoms with van der Waals surface area (Å²) in [5.41, 5.74) is 10.5. The van der Waals surface area contributed by atoms with Gasteiger partial charge < -0.3 is 5.73 Å². The van der Waals surface area contributed by atoms with E-state index < -0.39 is 0 Å². The maximum Gasteiger partial charge on any atom is 0.0317 e. The summed E-state index contributed by atoms with van der Waals surface area (Å²) < 4.78 is 0. The van der Waals surface area contributed by atoms with E-state index in [0.29, 0.717) is 5.41 Å². The van der Waals surface area contributed by atoms with Crippen molar-refractivity contribution >= 4 is 5.69 Å². The van der Waals surface area contributed by atoms with Gasteiger partial charge in [-0.25, -0.2) is 0 Å². The van der Waals surface area contributed by atoms with Crippen LogP contribution in [0, 0.1) is 0 Å². The van der Waals surface area contributed by atoms with Crippen LogP contribution in [0.3, 0.4) is 0 Å². The van der Waals surface area contributed by atoms with E-state index >= 15 is 0 Å². The molecule has 0 saturated heterocycles. The Morgan fingerprint density at radius 2 is 1.89 bits per heavy atom. The lowest BCUT2D eigenvalue weighted by atomic mass is 9.84. The minimum atomic E-state index is 0.499. The molecule has 3 aliphatic rings. The molecule has 2 saturated carbocycles.